The van der Waals surface area contributed by atoms with Gasteiger partial charge in [-0.2, -0.15) is 13.2 Å². The molecule has 0 saturated heterocycles. The first-order valence-electron chi connectivity index (χ1n) is 7.35. The minimum absolute atomic E-state index is 0.246. The summed E-state index contributed by atoms with van der Waals surface area (Å²) >= 11 is 0. The lowest BCUT2D eigenvalue weighted by Crippen LogP contribution is -2.29. The van der Waals surface area contributed by atoms with Gasteiger partial charge in [-0.05, 0) is 23.6 Å². The van der Waals surface area contributed by atoms with Gasteiger partial charge in [-0.25, -0.2) is 0 Å². The monoisotopic (exact) mass is 329 g/mol. The standard InChI is InChI=1S/C19H14F3NO/c1-2-8-15-14-11-6-7-12-16(14)23(18(24)19(20,21)22)17(15)13-9-4-3-5-10-13/h2-7,9-12H,1,8H2. The molecule has 0 N–H and O–H groups in total. The Hall–Kier alpha value is -2.82. The highest BCUT2D eigenvalue weighted by molar-refractivity contribution is 6.03. The average molecular weight is 329 g/mol. The van der Waals surface area contributed by atoms with E-state index in [1.54, 1.807) is 54.6 Å². The summed E-state index contributed by atoms with van der Waals surface area (Å²) in [6, 6.07) is 15.2. The molecule has 2 nitrogen and oxygen atoms in total. The third-order valence-corrected chi connectivity index (χ3v) is 3.82. The fourth-order valence-corrected chi connectivity index (χ4v) is 2.89. The molecule has 0 bridgehead atoms. The van der Waals surface area contributed by atoms with Gasteiger partial charge in [-0.3, -0.25) is 9.36 Å². The molecule has 0 atom stereocenters. The van der Waals surface area contributed by atoms with Crippen LogP contribution in [0.5, 0.6) is 0 Å². The molecular formula is C19H14F3NO. The van der Waals surface area contributed by atoms with Crippen molar-refractivity contribution in [2.24, 2.45) is 0 Å². The molecule has 0 spiro atoms. The second kappa shape index (κ2) is 6.00. The number of fused-ring (bicyclic) bond motifs is 1. The largest absolute Gasteiger partial charge is 0.472 e. The minimum Gasteiger partial charge on any atom is -0.272 e. The Labute approximate surface area is 136 Å². The van der Waals surface area contributed by atoms with Crippen molar-refractivity contribution in [3.8, 4) is 11.3 Å². The molecule has 3 aromatic rings. The van der Waals surface area contributed by atoms with Crippen molar-refractivity contribution in [1.29, 1.82) is 0 Å². The van der Waals surface area contributed by atoms with Gasteiger partial charge >= 0.3 is 12.1 Å². The van der Waals surface area contributed by atoms with E-state index in [1.165, 1.54) is 6.07 Å². The van der Waals surface area contributed by atoms with Crippen molar-refractivity contribution in [2.75, 3.05) is 0 Å². The van der Waals surface area contributed by atoms with Gasteiger partial charge in [-0.15, -0.1) is 6.58 Å². The summed E-state index contributed by atoms with van der Waals surface area (Å²) in [6.45, 7) is 3.68. The molecule has 122 valence electrons. The SMILES string of the molecule is C=CCc1c(-c2ccccc2)n(C(=O)C(F)(F)F)c2ccccc12. The van der Waals surface area contributed by atoms with Crippen LogP contribution in [-0.2, 0) is 6.42 Å². The third kappa shape index (κ3) is 2.62. The van der Waals surface area contributed by atoms with Gasteiger partial charge in [0.1, 0.15) is 0 Å². The summed E-state index contributed by atoms with van der Waals surface area (Å²) in [7, 11) is 0. The van der Waals surface area contributed by atoms with Crippen molar-refractivity contribution < 1.29 is 18.0 Å². The number of hydrogen-bond donors (Lipinski definition) is 0. The van der Waals surface area contributed by atoms with E-state index in [4.69, 9.17) is 0 Å². The Bertz CT molecular complexity index is 908. The highest BCUT2D eigenvalue weighted by atomic mass is 19.4. The number of halogens is 3. The van der Waals surface area contributed by atoms with Crippen molar-refractivity contribution in [3.63, 3.8) is 0 Å². The van der Waals surface area contributed by atoms with Crippen molar-refractivity contribution in [1.82, 2.24) is 4.57 Å². The molecular weight excluding hydrogens is 315 g/mol. The van der Waals surface area contributed by atoms with Crippen LogP contribution in [0.2, 0.25) is 0 Å². The van der Waals surface area contributed by atoms with Gasteiger partial charge in [-0.1, -0.05) is 54.6 Å². The molecule has 0 aliphatic heterocycles. The second-order valence-corrected chi connectivity index (χ2v) is 5.34. The zero-order valence-electron chi connectivity index (χ0n) is 12.7. The zero-order valence-corrected chi connectivity index (χ0v) is 12.7. The van der Waals surface area contributed by atoms with Gasteiger partial charge in [0.15, 0.2) is 0 Å². The Morgan fingerprint density at radius 1 is 1.04 bits per heavy atom. The molecule has 3 rings (SSSR count). The highest BCUT2D eigenvalue weighted by Crippen LogP contribution is 2.36. The lowest BCUT2D eigenvalue weighted by atomic mass is 10.0. The average Bonchev–Trinajstić information content (AvgIpc) is 2.89. The van der Waals surface area contributed by atoms with Gasteiger partial charge in [0.2, 0.25) is 0 Å². The van der Waals surface area contributed by atoms with Crippen LogP contribution in [0.4, 0.5) is 13.2 Å². The van der Waals surface area contributed by atoms with E-state index >= 15 is 0 Å². The van der Waals surface area contributed by atoms with Crippen LogP contribution in [0.25, 0.3) is 22.2 Å². The molecule has 1 aromatic heterocycles. The van der Waals surface area contributed by atoms with E-state index in [1.807, 2.05) is 0 Å². The first-order chi connectivity index (χ1) is 11.4. The van der Waals surface area contributed by atoms with E-state index < -0.39 is 12.1 Å². The van der Waals surface area contributed by atoms with E-state index in [2.05, 4.69) is 6.58 Å². The molecule has 0 fully saturated rings. The number of carbonyl (C=O) groups excluding carboxylic acids is 1. The summed E-state index contributed by atoms with van der Waals surface area (Å²) < 4.78 is 40.3. The molecule has 0 amide bonds. The molecule has 5 heteroatoms. The van der Waals surface area contributed by atoms with Crippen LogP contribution in [0, 0.1) is 0 Å². The van der Waals surface area contributed by atoms with E-state index in [0.29, 0.717) is 22.9 Å². The van der Waals surface area contributed by atoms with Crippen LogP contribution >= 0.6 is 0 Å². The lowest BCUT2D eigenvalue weighted by Gasteiger charge is -2.13. The number of allylic oxidation sites excluding steroid dienone is 1. The van der Waals surface area contributed by atoms with E-state index in [0.717, 1.165) is 4.57 Å². The number of alkyl halides is 3. The lowest BCUT2D eigenvalue weighted by molar-refractivity contribution is -0.0941. The predicted octanol–water partition coefficient (Wildman–Crippen LogP) is 5.24. The first kappa shape index (κ1) is 16.1. The molecule has 0 aliphatic carbocycles. The number of carbonyl (C=O) groups is 1. The predicted molar refractivity (Wildman–Crippen MR) is 88.0 cm³/mol. The summed E-state index contributed by atoms with van der Waals surface area (Å²) in [5.74, 6) is -1.90. The Balaban J connectivity index is 2.44. The molecule has 0 saturated carbocycles. The van der Waals surface area contributed by atoms with Crippen LogP contribution in [0.3, 0.4) is 0 Å². The van der Waals surface area contributed by atoms with Crippen LogP contribution in [0.15, 0.2) is 67.3 Å². The van der Waals surface area contributed by atoms with Crippen molar-refractivity contribution >= 4 is 16.8 Å². The smallest absolute Gasteiger partial charge is 0.272 e. The minimum atomic E-state index is -4.96. The molecule has 24 heavy (non-hydrogen) atoms. The quantitative estimate of drug-likeness (QED) is 0.602. The summed E-state index contributed by atoms with van der Waals surface area (Å²) in [5.41, 5.74) is 1.72. The van der Waals surface area contributed by atoms with Gasteiger partial charge in [0, 0.05) is 5.39 Å². The highest BCUT2D eigenvalue weighted by Gasteiger charge is 2.42. The maximum Gasteiger partial charge on any atom is 0.472 e. The Kier molecular flexibility index (Phi) is 4.01. The van der Waals surface area contributed by atoms with E-state index in [-0.39, 0.29) is 11.2 Å². The van der Waals surface area contributed by atoms with Gasteiger partial charge in [0.05, 0.1) is 11.2 Å². The van der Waals surface area contributed by atoms with Crippen molar-refractivity contribution in [3.05, 3.63) is 72.8 Å². The molecule has 0 radical (unpaired) electrons. The van der Waals surface area contributed by atoms with Crippen LogP contribution in [-0.4, -0.2) is 16.7 Å². The molecule has 1 heterocycles. The normalized spacial score (nSPS) is 11.6. The van der Waals surface area contributed by atoms with Crippen LogP contribution in [0.1, 0.15) is 10.4 Å². The topological polar surface area (TPSA) is 22.0 Å². The summed E-state index contributed by atoms with van der Waals surface area (Å²) in [5, 5.41) is 0.619. The molecule has 0 aliphatic rings. The maximum atomic E-state index is 13.2. The van der Waals surface area contributed by atoms with Crippen LogP contribution < -0.4 is 0 Å². The van der Waals surface area contributed by atoms with Crippen molar-refractivity contribution in [2.45, 2.75) is 12.6 Å². The van der Waals surface area contributed by atoms with E-state index in [9.17, 15) is 18.0 Å². The van der Waals surface area contributed by atoms with Gasteiger partial charge in [0.25, 0.3) is 0 Å². The second-order valence-electron chi connectivity index (χ2n) is 5.34. The third-order valence-electron chi connectivity index (χ3n) is 3.82. The number of hydrogen-bond acceptors (Lipinski definition) is 1. The summed E-state index contributed by atoms with van der Waals surface area (Å²) in [4.78, 5) is 12.1. The number of para-hydroxylation sites is 1. The number of aromatic nitrogens is 1. The number of nitrogens with zero attached hydrogens (tertiary/aromatic N) is 1. The Morgan fingerprint density at radius 2 is 1.67 bits per heavy atom. The Morgan fingerprint density at radius 3 is 2.29 bits per heavy atom. The summed E-state index contributed by atoms with van der Waals surface area (Å²) in [6.07, 6.45) is -2.98. The maximum absolute atomic E-state index is 13.2. The first-order valence-corrected chi connectivity index (χ1v) is 7.35. The zero-order chi connectivity index (χ0) is 17.3. The molecule has 2 aromatic carbocycles. The number of benzene rings is 2. The fraction of sp³-hybridized carbons (Fsp3) is 0.105. The fourth-order valence-electron chi connectivity index (χ4n) is 2.89. The molecule has 0 unspecified atom stereocenters. The number of rotatable bonds is 3. The van der Waals surface area contributed by atoms with Gasteiger partial charge < -0.3 is 0 Å².